The van der Waals surface area contributed by atoms with Crippen molar-refractivity contribution in [2.75, 3.05) is 44.6 Å². The SMILES string of the molecule is CCOc1ncc(S(=O)(=O)N2CCN(CC)CC2)cc1C(=O)Nc1c(C(=O)NCc2nccn2C)n[nH]c1CC. The summed E-state index contributed by atoms with van der Waals surface area (Å²) in [6.07, 6.45) is 5.04. The average Bonchev–Trinajstić information content (AvgIpc) is 3.57. The fourth-order valence-corrected chi connectivity index (χ4v) is 5.74. The Bertz CT molecular complexity index is 1460. The van der Waals surface area contributed by atoms with E-state index < -0.39 is 21.8 Å². The molecule has 0 saturated carbocycles. The molecule has 0 radical (unpaired) electrons. The van der Waals surface area contributed by atoms with Gasteiger partial charge in [-0.1, -0.05) is 13.8 Å². The Morgan fingerprint density at radius 1 is 1.10 bits per heavy atom. The summed E-state index contributed by atoms with van der Waals surface area (Å²) < 4.78 is 35.5. The maximum Gasteiger partial charge on any atom is 0.274 e. The second-order valence-electron chi connectivity index (χ2n) is 9.17. The van der Waals surface area contributed by atoms with E-state index in [-0.39, 0.29) is 40.9 Å². The molecule has 15 heteroatoms. The fraction of sp³-hybridized carbons (Fsp3) is 0.480. The molecule has 4 rings (SSSR count). The number of sulfonamides is 1. The van der Waals surface area contributed by atoms with Gasteiger partial charge in [-0.15, -0.1) is 0 Å². The number of nitrogens with zero attached hydrogens (tertiary/aromatic N) is 6. The van der Waals surface area contributed by atoms with Crippen LogP contribution in [0.2, 0.25) is 0 Å². The highest BCUT2D eigenvalue weighted by atomic mass is 32.2. The smallest absolute Gasteiger partial charge is 0.274 e. The Hall–Kier alpha value is -3.82. The summed E-state index contributed by atoms with van der Waals surface area (Å²) in [6.45, 7) is 8.77. The predicted molar refractivity (Wildman–Crippen MR) is 147 cm³/mol. The van der Waals surface area contributed by atoms with Crippen LogP contribution in [0.15, 0.2) is 29.6 Å². The molecule has 0 bridgehead atoms. The van der Waals surface area contributed by atoms with Crippen molar-refractivity contribution in [3.05, 3.63) is 47.4 Å². The molecule has 0 aromatic carbocycles. The molecular formula is C25H35N9O5S. The van der Waals surface area contributed by atoms with Crippen molar-refractivity contribution in [1.29, 1.82) is 0 Å². The third-order valence-electron chi connectivity index (χ3n) is 6.74. The van der Waals surface area contributed by atoms with Crippen molar-refractivity contribution in [3.8, 4) is 5.88 Å². The molecule has 1 fully saturated rings. The Balaban J connectivity index is 1.59. The van der Waals surface area contributed by atoms with Gasteiger partial charge in [0.15, 0.2) is 5.69 Å². The second-order valence-corrected chi connectivity index (χ2v) is 11.1. The summed E-state index contributed by atoms with van der Waals surface area (Å²) in [7, 11) is -2.08. The molecule has 0 atom stereocenters. The first kappa shape index (κ1) is 29.2. The van der Waals surface area contributed by atoms with Gasteiger partial charge >= 0.3 is 0 Å². The molecule has 4 heterocycles. The molecular weight excluding hydrogens is 538 g/mol. The van der Waals surface area contributed by atoms with Gasteiger partial charge in [0.1, 0.15) is 16.3 Å². The number of anilines is 1. The van der Waals surface area contributed by atoms with Crippen molar-refractivity contribution in [2.24, 2.45) is 7.05 Å². The predicted octanol–water partition coefficient (Wildman–Crippen LogP) is 1.01. The molecule has 0 spiro atoms. The summed E-state index contributed by atoms with van der Waals surface area (Å²) in [6, 6.07) is 1.27. The van der Waals surface area contributed by atoms with Crippen molar-refractivity contribution in [2.45, 2.75) is 38.6 Å². The van der Waals surface area contributed by atoms with Gasteiger partial charge in [0.05, 0.1) is 30.7 Å². The van der Waals surface area contributed by atoms with Crippen LogP contribution >= 0.6 is 0 Å². The number of rotatable bonds is 11. The van der Waals surface area contributed by atoms with Crippen LogP contribution in [0.5, 0.6) is 5.88 Å². The zero-order valence-corrected chi connectivity index (χ0v) is 23.9. The maximum absolute atomic E-state index is 13.5. The van der Waals surface area contributed by atoms with Crippen LogP contribution in [0.1, 0.15) is 53.1 Å². The topological polar surface area (TPSA) is 167 Å². The van der Waals surface area contributed by atoms with E-state index >= 15 is 0 Å². The number of piperazine rings is 1. The molecule has 3 aromatic heterocycles. The molecule has 2 amide bonds. The fourth-order valence-electron chi connectivity index (χ4n) is 4.35. The van der Waals surface area contributed by atoms with Gasteiger partial charge in [-0.25, -0.2) is 18.4 Å². The van der Waals surface area contributed by atoms with Crippen LogP contribution in [0.25, 0.3) is 0 Å². The van der Waals surface area contributed by atoms with E-state index in [1.165, 1.54) is 16.6 Å². The molecule has 3 aromatic rings. The standard InChI is InChI=1S/C25H35N9O5S/c1-5-19-21(22(31-30-19)24(36)27-16-20-26-8-9-32(20)4)29-23(35)18-14-17(15-28-25(18)39-7-3)40(37,38)34-12-10-33(6-2)11-13-34/h8-9,14-15H,5-7,10-13,16H2,1-4H3,(H,27,36)(H,29,35)(H,30,31). The number of pyridine rings is 1. The quantitative estimate of drug-likeness (QED) is 0.303. The molecule has 0 unspecified atom stereocenters. The molecule has 0 aliphatic carbocycles. The lowest BCUT2D eigenvalue weighted by Crippen LogP contribution is -2.48. The van der Waals surface area contributed by atoms with Crippen molar-refractivity contribution in [1.82, 2.24) is 39.3 Å². The van der Waals surface area contributed by atoms with Gasteiger partial charge < -0.3 is 24.8 Å². The lowest BCUT2D eigenvalue weighted by molar-refractivity contribution is 0.0945. The van der Waals surface area contributed by atoms with Gasteiger partial charge in [0, 0.05) is 45.6 Å². The lowest BCUT2D eigenvalue weighted by Gasteiger charge is -2.33. The Labute approximate surface area is 233 Å². The minimum Gasteiger partial charge on any atom is -0.477 e. The van der Waals surface area contributed by atoms with E-state index in [9.17, 15) is 18.0 Å². The monoisotopic (exact) mass is 573 g/mol. The highest BCUT2D eigenvalue weighted by Crippen LogP contribution is 2.26. The lowest BCUT2D eigenvalue weighted by atomic mass is 10.2. The first-order valence-electron chi connectivity index (χ1n) is 13.2. The maximum atomic E-state index is 13.5. The zero-order valence-electron chi connectivity index (χ0n) is 23.1. The number of likely N-dealkylation sites (N-methyl/N-ethyl adjacent to an activating group) is 1. The van der Waals surface area contributed by atoms with Crippen LogP contribution in [0, 0.1) is 0 Å². The Morgan fingerprint density at radius 3 is 2.48 bits per heavy atom. The first-order valence-corrected chi connectivity index (χ1v) is 14.6. The third-order valence-corrected chi connectivity index (χ3v) is 8.61. The number of imidazole rings is 1. The Morgan fingerprint density at radius 2 is 1.85 bits per heavy atom. The largest absolute Gasteiger partial charge is 0.477 e. The van der Waals surface area contributed by atoms with Gasteiger partial charge in [-0.2, -0.15) is 9.40 Å². The number of H-pyrrole nitrogens is 1. The van der Waals surface area contributed by atoms with E-state index in [0.717, 1.165) is 6.54 Å². The van der Waals surface area contributed by atoms with Gasteiger partial charge in [-0.3, -0.25) is 14.7 Å². The normalized spacial score (nSPS) is 14.7. The van der Waals surface area contributed by atoms with Gasteiger partial charge in [-0.05, 0) is 26.0 Å². The van der Waals surface area contributed by atoms with Gasteiger partial charge in [0.2, 0.25) is 15.9 Å². The summed E-state index contributed by atoms with van der Waals surface area (Å²) in [5.74, 6) is -0.568. The number of aromatic nitrogens is 5. The number of aryl methyl sites for hydroxylation is 2. The van der Waals surface area contributed by atoms with Gasteiger partial charge in [0.25, 0.3) is 11.8 Å². The molecule has 1 aliphatic heterocycles. The van der Waals surface area contributed by atoms with E-state index in [1.807, 2.05) is 20.9 Å². The van der Waals surface area contributed by atoms with Crippen LogP contribution in [-0.2, 0) is 30.0 Å². The number of amides is 2. The first-order chi connectivity index (χ1) is 19.2. The second kappa shape index (κ2) is 12.6. The number of hydrogen-bond donors (Lipinski definition) is 3. The van der Waals surface area contributed by atoms with Crippen LogP contribution < -0.4 is 15.4 Å². The summed E-state index contributed by atoms with van der Waals surface area (Å²) >= 11 is 0. The number of carbonyl (C=O) groups excluding carboxylic acids is 2. The summed E-state index contributed by atoms with van der Waals surface area (Å²) in [5.41, 5.74) is 0.635. The molecule has 14 nitrogen and oxygen atoms in total. The highest BCUT2D eigenvalue weighted by molar-refractivity contribution is 7.89. The van der Waals surface area contributed by atoms with Crippen molar-refractivity contribution < 1.29 is 22.7 Å². The molecule has 1 aliphatic rings. The van der Waals surface area contributed by atoms with E-state index in [0.29, 0.717) is 44.1 Å². The third kappa shape index (κ3) is 6.16. The van der Waals surface area contributed by atoms with Crippen molar-refractivity contribution in [3.63, 3.8) is 0 Å². The van der Waals surface area contributed by atoms with E-state index in [4.69, 9.17) is 4.74 Å². The number of hydrogen-bond acceptors (Lipinski definition) is 9. The number of carbonyl (C=O) groups is 2. The van der Waals surface area contributed by atoms with E-state index in [1.54, 1.807) is 23.9 Å². The van der Waals surface area contributed by atoms with Crippen LogP contribution in [0.3, 0.4) is 0 Å². The zero-order chi connectivity index (χ0) is 28.9. The van der Waals surface area contributed by atoms with Crippen LogP contribution in [0.4, 0.5) is 5.69 Å². The number of ether oxygens (including phenoxy) is 1. The molecule has 3 N–H and O–H groups in total. The molecule has 40 heavy (non-hydrogen) atoms. The minimum atomic E-state index is -3.89. The number of nitrogens with one attached hydrogen (secondary N) is 3. The van der Waals surface area contributed by atoms with E-state index in [2.05, 4.69) is 35.7 Å². The Kier molecular flexibility index (Phi) is 9.17. The molecule has 1 saturated heterocycles. The summed E-state index contributed by atoms with van der Waals surface area (Å²) in [4.78, 5) is 36.9. The summed E-state index contributed by atoms with van der Waals surface area (Å²) in [5, 5.41) is 12.4. The van der Waals surface area contributed by atoms with Crippen LogP contribution in [-0.4, -0.2) is 93.5 Å². The van der Waals surface area contributed by atoms with Crippen molar-refractivity contribution >= 4 is 27.5 Å². The average molecular weight is 574 g/mol. The number of aromatic amines is 1. The minimum absolute atomic E-state index is 0.0112. The highest BCUT2D eigenvalue weighted by Gasteiger charge is 2.31. The molecule has 216 valence electrons.